The maximum Gasteiger partial charge on any atom is 0.408 e. The Balaban J connectivity index is 1.56. The number of H-pyrrole nitrogens is 1. The van der Waals surface area contributed by atoms with Gasteiger partial charge >= 0.3 is 6.09 Å². The summed E-state index contributed by atoms with van der Waals surface area (Å²) in [6.07, 6.45) is -0.911. The quantitative estimate of drug-likeness (QED) is 0.539. The lowest BCUT2D eigenvalue weighted by atomic mass is 9.95. The van der Waals surface area contributed by atoms with Crippen molar-refractivity contribution in [2.45, 2.75) is 45.3 Å². The predicted molar refractivity (Wildman–Crippen MR) is 131 cm³/mol. The fraction of sp³-hybridized carbons (Fsp3) is 0.308. The van der Waals surface area contributed by atoms with E-state index in [9.17, 15) is 19.5 Å². The molecule has 0 fully saturated rings. The van der Waals surface area contributed by atoms with Crippen molar-refractivity contribution in [3.05, 3.63) is 70.9 Å². The summed E-state index contributed by atoms with van der Waals surface area (Å²) in [5, 5.41) is 15.2. The standard InChI is InChI=1S/C26H27N5O4/c1-26(2,3)31(25(34)35)20(12-15-8-5-4-6-9-15)24(33)30-13-18-22-19(14-30)28-29-23(32)16-10-7-11-17(27-18)21(16)22/h4-11,20,27H,12-14H2,1-3H3,(H,29,32)(H,34,35)/t20-/m0/s1. The van der Waals surface area contributed by atoms with E-state index in [0.29, 0.717) is 11.3 Å². The molecule has 3 N–H and O–H groups in total. The molecule has 9 heteroatoms. The molecule has 0 spiro atoms. The van der Waals surface area contributed by atoms with Gasteiger partial charge in [0, 0.05) is 34.1 Å². The van der Waals surface area contributed by atoms with Gasteiger partial charge < -0.3 is 15.0 Å². The maximum atomic E-state index is 14.0. The van der Waals surface area contributed by atoms with E-state index in [1.807, 2.05) is 36.4 Å². The summed E-state index contributed by atoms with van der Waals surface area (Å²) in [5.74, 6) is -0.613. The van der Waals surface area contributed by atoms with Crippen molar-refractivity contribution in [3.8, 4) is 0 Å². The molecule has 5 rings (SSSR count). The van der Waals surface area contributed by atoms with Crippen molar-refractivity contribution in [1.29, 1.82) is 0 Å². The smallest absolute Gasteiger partial charge is 0.408 e. The van der Waals surface area contributed by atoms with E-state index in [-0.39, 0.29) is 31.3 Å². The van der Waals surface area contributed by atoms with Gasteiger partial charge in [-0.05, 0) is 38.5 Å². The average molecular weight is 474 g/mol. The van der Waals surface area contributed by atoms with Gasteiger partial charge in [0.05, 0.1) is 24.4 Å². The summed E-state index contributed by atoms with van der Waals surface area (Å²) in [6, 6.07) is 13.9. The van der Waals surface area contributed by atoms with Crippen molar-refractivity contribution >= 4 is 34.5 Å². The van der Waals surface area contributed by atoms with Crippen molar-refractivity contribution in [1.82, 2.24) is 20.2 Å². The maximum absolute atomic E-state index is 14.0. The second-order valence-corrected chi connectivity index (χ2v) is 9.93. The number of amides is 3. The Morgan fingerprint density at radius 1 is 1.11 bits per heavy atom. The number of benzene rings is 2. The molecule has 0 unspecified atom stereocenters. The Labute approximate surface area is 202 Å². The minimum absolute atomic E-state index is 0.163. The van der Waals surface area contributed by atoms with Gasteiger partial charge in [-0.3, -0.25) is 14.5 Å². The van der Waals surface area contributed by atoms with Crippen molar-refractivity contribution < 1.29 is 19.5 Å². The van der Waals surface area contributed by atoms with E-state index in [0.717, 1.165) is 27.7 Å². The molecule has 0 radical (unpaired) electrons. The SMILES string of the molecule is CC(C)(C)N(C(=O)O)[C@@H](Cc1ccccc1)C(=O)N1CC2=NNC(=O)c3cccc4[nH]c(c2c34)C1. The number of aromatic amines is 1. The van der Waals surface area contributed by atoms with Crippen LogP contribution in [0.5, 0.6) is 0 Å². The lowest BCUT2D eigenvalue weighted by Crippen LogP contribution is -2.59. The number of aromatic nitrogens is 1. The topological polar surface area (TPSA) is 118 Å². The minimum atomic E-state index is -1.15. The average Bonchev–Trinajstić information content (AvgIpc) is 3.12. The summed E-state index contributed by atoms with van der Waals surface area (Å²) in [6.45, 7) is 5.77. The van der Waals surface area contributed by atoms with E-state index >= 15 is 0 Å². The highest BCUT2D eigenvalue weighted by atomic mass is 16.4. The molecule has 180 valence electrons. The zero-order valence-corrected chi connectivity index (χ0v) is 19.8. The van der Waals surface area contributed by atoms with Gasteiger partial charge in [-0.15, -0.1) is 0 Å². The normalized spacial score (nSPS) is 15.8. The van der Waals surface area contributed by atoms with Gasteiger partial charge in [-0.2, -0.15) is 5.10 Å². The van der Waals surface area contributed by atoms with Gasteiger partial charge in [-0.25, -0.2) is 10.2 Å². The zero-order valence-electron chi connectivity index (χ0n) is 19.8. The van der Waals surface area contributed by atoms with Gasteiger partial charge in [0.15, 0.2) is 0 Å². The largest absolute Gasteiger partial charge is 0.465 e. The lowest BCUT2D eigenvalue weighted by Gasteiger charge is -2.41. The van der Waals surface area contributed by atoms with Gasteiger partial charge in [0.1, 0.15) is 6.04 Å². The summed E-state index contributed by atoms with van der Waals surface area (Å²) < 4.78 is 0. The van der Waals surface area contributed by atoms with Gasteiger partial charge in [-0.1, -0.05) is 36.4 Å². The van der Waals surface area contributed by atoms with Crippen LogP contribution in [-0.4, -0.2) is 61.6 Å². The molecule has 0 bridgehead atoms. The molecule has 2 aromatic carbocycles. The molecule has 2 aliphatic rings. The highest BCUT2D eigenvalue weighted by Crippen LogP contribution is 2.33. The molecule has 35 heavy (non-hydrogen) atoms. The van der Waals surface area contributed by atoms with Crippen LogP contribution < -0.4 is 5.43 Å². The number of hydrogen-bond acceptors (Lipinski definition) is 4. The molecule has 0 saturated carbocycles. The zero-order chi connectivity index (χ0) is 24.9. The van der Waals surface area contributed by atoms with E-state index in [4.69, 9.17) is 0 Å². The molecule has 3 heterocycles. The Hall–Kier alpha value is -4.14. The van der Waals surface area contributed by atoms with Crippen molar-refractivity contribution in [2.75, 3.05) is 6.54 Å². The fourth-order valence-electron chi connectivity index (χ4n) is 5.09. The number of hydrogen-bond donors (Lipinski definition) is 3. The highest BCUT2D eigenvalue weighted by molar-refractivity contribution is 6.21. The van der Waals surface area contributed by atoms with Crippen LogP contribution in [-0.2, 0) is 17.8 Å². The molecule has 3 aromatic rings. The second-order valence-electron chi connectivity index (χ2n) is 9.93. The number of carbonyl (C=O) groups is 3. The molecule has 1 aromatic heterocycles. The van der Waals surface area contributed by atoms with Crippen LogP contribution >= 0.6 is 0 Å². The van der Waals surface area contributed by atoms with Crippen LogP contribution in [0.25, 0.3) is 10.9 Å². The van der Waals surface area contributed by atoms with E-state index < -0.39 is 17.7 Å². The summed E-state index contributed by atoms with van der Waals surface area (Å²) in [7, 11) is 0. The van der Waals surface area contributed by atoms with Crippen molar-refractivity contribution in [2.24, 2.45) is 5.10 Å². The second kappa shape index (κ2) is 8.26. The van der Waals surface area contributed by atoms with Gasteiger partial charge in [0.25, 0.3) is 5.91 Å². The van der Waals surface area contributed by atoms with Crippen LogP contribution in [0, 0.1) is 0 Å². The lowest BCUT2D eigenvalue weighted by molar-refractivity contribution is -0.138. The monoisotopic (exact) mass is 473 g/mol. The first-order chi connectivity index (χ1) is 16.6. The van der Waals surface area contributed by atoms with Crippen LogP contribution in [0.15, 0.2) is 53.6 Å². The Kier molecular flexibility index (Phi) is 5.35. The van der Waals surface area contributed by atoms with E-state index in [2.05, 4.69) is 15.5 Å². The summed E-state index contributed by atoms with van der Waals surface area (Å²) in [4.78, 5) is 45.2. The number of nitrogens with one attached hydrogen (secondary N) is 2. The molecule has 0 aliphatic carbocycles. The molecule has 2 aliphatic heterocycles. The summed E-state index contributed by atoms with van der Waals surface area (Å²) in [5.41, 5.74) is 6.17. The molecule has 1 atom stereocenters. The first-order valence-electron chi connectivity index (χ1n) is 11.5. The summed E-state index contributed by atoms with van der Waals surface area (Å²) >= 11 is 0. The molecule has 3 amide bonds. The van der Waals surface area contributed by atoms with Crippen LogP contribution in [0.1, 0.15) is 48.0 Å². The number of nitrogens with zero attached hydrogens (tertiary/aromatic N) is 3. The first kappa shape index (κ1) is 22.6. The Morgan fingerprint density at radius 3 is 2.54 bits per heavy atom. The van der Waals surface area contributed by atoms with E-state index in [1.165, 1.54) is 4.90 Å². The highest BCUT2D eigenvalue weighted by Gasteiger charge is 2.41. The van der Waals surface area contributed by atoms with Gasteiger partial charge in [0.2, 0.25) is 5.91 Å². The number of carbonyl (C=O) groups excluding carboxylic acids is 2. The van der Waals surface area contributed by atoms with E-state index in [1.54, 1.807) is 37.8 Å². The first-order valence-corrected chi connectivity index (χ1v) is 11.5. The number of carboxylic acid groups (broad SMARTS) is 1. The third-order valence-corrected chi connectivity index (χ3v) is 6.53. The number of hydrazone groups is 1. The Morgan fingerprint density at radius 2 is 1.86 bits per heavy atom. The fourth-order valence-corrected chi connectivity index (χ4v) is 5.09. The number of rotatable bonds is 4. The molecule has 0 saturated heterocycles. The van der Waals surface area contributed by atoms with Crippen LogP contribution in [0.2, 0.25) is 0 Å². The van der Waals surface area contributed by atoms with Crippen LogP contribution in [0.4, 0.5) is 4.79 Å². The molecular formula is C26H27N5O4. The third-order valence-electron chi connectivity index (χ3n) is 6.53. The third kappa shape index (κ3) is 3.92. The molecular weight excluding hydrogens is 446 g/mol. The van der Waals surface area contributed by atoms with Crippen LogP contribution in [0.3, 0.4) is 0 Å². The minimum Gasteiger partial charge on any atom is -0.465 e. The van der Waals surface area contributed by atoms with Crippen molar-refractivity contribution in [3.63, 3.8) is 0 Å². The predicted octanol–water partition coefficient (Wildman–Crippen LogP) is 3.35. The Bertz CT molecular complexity index is 1370. The molecule has 9 nitrogen and oxygen atoms in total.